The van der Waals surface area contributed by atoms with Crippen molar-refractivity contribution in [3.63, 3.8) is 0 Å². The monoisotopic (exact) mass is 746 g/mol. The summed E-state index contributed by atoms with van der Waals surface area (Å²) in [7, 11) is 1.66. The van der Waals surface area contributed by atoms with Gasteiger partial charge in [0.15, 0.2) is 4.80 Å². The van der Waals surface area contributed by atoms with Crippen LogP contribution in [-0.4, -0.2) is 11.7 Å². The van der Waals surface area contributed by atoms with Gasteiger partial charge in [0.1, 0.15) is 18.1 Å². The highest BCUT2D eigenvalue weighted by molar-refractivity contribution is 9.11. The van der Waals surface area contributed by atoms with E-state index in [2.05, 4.69) is 62.2 Å². The molecule has 2 aliphatic rings. The van der Waals surface area contributed by atoms with Crippen LogP contribution >= 0.6 is 54.8 Å². The number of hydrogen-bond donors (Lipinski definition) is 0. The summed E-state index contributed by atoms with van der Waals surface area (Å²) in [5, 5.41) is 0.657. The van der Waals surface area contributed by atoms with Gasteiger partial charge < -0.3 is 9.47 Å². The van der Waals surface area contributed by atoms with Crippen molar-refractivity contribution in [3.05, 3.63) is 152 Å². The molecule has 0 amide bonds. The Hall–Kier alpha value is -3.43. The third-order valence-electron chi connectivity index (χ3n) is 7.93. The lowest BCUT2D eigenvalue weighted by Crippen LogP contribution is -2.38. The molecule has 0 bridgehead atoms. The molecule has 1 atom stereocenters. The maximum absolute atomic E-state index is 14.2. The SMILES string of the molecule is COc1cccc([C@@H]2C3=C(N=c4s/c(=C/c5cc(Br)c(OCc6ccccc6Cl)c(Br)c5)c(=O)n42)c2ccccc2CC3)c1. The van der Waals surface area contributed by atoms with Crippen molar-refractivity contribution in [2.24, 2.45) is 4.99 Å². The van der Waals surface area contributed by atoms with E-state index in [0.717, 1.165) is 61.1 Å². The zero-order valence-corrected chi connectivity index (χ0v) is 28.3. The van der Waals surface area contributed by atoms with Gasteiger partial charge in [-0.05, 0) is 103 Å². The van der Waals surface area contributed by atoms with Gasteiger partial charge in [0.05, 0.1) is 32.3 Å². The molecule has 0 N–H and O–H groups in total. The number of methoxy groups -OCH3 is 1. The second kappa shape index (κ2) is 12.2. The number of halogens is 3. The van der Waals surface area contributed by atoms with Gasteiger partial charge in [0, 0.05) is 16.1 Å². The first-order valence-electron chi connectivity index (χ1n) is 14.0. The molecule has 4 aromatic carbocycles. The first-order valence-corrected chi connectivity index (χ1v) is 16.8. The van der Waals surface area contributed by atoms with Gasteiger partial charge in [-0.2, -0.15) is 0 Å². The molecule has 7 rings (SSSR count). The minimum Gasteiger partial charge on any atom is -0.497 e. The van der Waals surface area contributed by atoms with E-state index in [1.54, 1.807) is 7.11 Å². The Labute approximate surface area is 280 Å². The van der Waals surface area contributed by atoms with Gasteiger partial charge >= 0.3 is 0 Å². The predicted molar refractivity (Wildman–Crippen MR) is 183 cm³/mol. The fraction of sp³-hybridized carbons (Fsp3) is 0.143. The molecule has 220 valence electrons. The number of fused-ring (bicyclic) bond motifs is 3. The second-order valence-corrected chi connectivity index (χ2v) is 13.7. The molecule has 44 heavy (non-hydrogen) atoms. The zero-order chi connectivity index (χ0) is 30.4. The first kappa shape index (κ1) is 29.3. The molecule has 0 saturated carbocycles. The molecule has 0 unspecified atom stereocenters. The average molecular weight is 749 g/mol. The van der Waals surface area contributed by atoms with E-state index < -0.39 is 0 Å². The number of nitrogens with zero attached hydrogens (tertiary/aromatic N) is 2. The van der Waals surface area contributed by atoms with Crippen LogP contribution in [0.4, 0.5) is 0 Å². The summed E-state index contributed by atoms with van der Waals surface area (Å²) in [5.41, 5.74) is 7.23. The number of aryl methyl sites for hydroxylation is 1. The summed E-state index contributed by atoms with van der Waals surface area (Å²) in [6.45, 7) is 0.326. The maximum atomic E-state index is 14.2. The van der Waals surface area contributed by atoms with Crippen molar-refractivity contribution >= 4 is 66.6 Å². The van der Waals surface area contributed by atoms with Gasteiger partial charge in [-0.1, -0.05) is 77.5 Å². The van der Waals surface area contributed by atoms with Crippen LogP contribution in [0, 0.1) is 0 Å². The summed E-state index contributed by atoms with van der Waals surface area (Å²) < 4.78 is 15.7. The van der Waals surface area contributed by atoms with Gasteiger partial charge in [0.25, 0.3) is 5.56 Å². The normalized spacial score (nSPS) is 15.7. The number of allylic oxidation sites excluding steroid dienone is 1. The number of aromatic nitrogens is 1. The quantitative estimate of drug-likeness (QED) is 0.177. The maximum Gasteiger partial charge on any atom is 0.271 e. The molecule has 5 nitrogen and oxygen atoms in total. The lowest BCUT2D eigenvalue weighted by atomic mass is 9.83. The van der Waals surface area contributed by atoms with E-state index >= 15 is 0 Å². The van der Waals surface area contributed by atoms with Crippen LogP contribution in [-0.2, 0) is 13.0 Å². The number of hydrogen-bond acceptors (Lipinski definition) is 5. The molecule has 0 fully saturated rings. The highest BCUT2D eigenvalue weighted by Gasteiger charge is 2.32. The molecule has 2 heterocycles. The second-order valence-electron chi connectivity index (χ2n) is 10.6. The molecular weight excluding hydrogens is 724 g/mol. The smallest absolute Gasteiger partial charge is 0.271 e. The lowest BCUT2D eigenvalue weighted by Gasteiger charge is -2.31. The van der Waals surface area contributed by atoms with E-state index in [-0.39, 0.29) is 11.6 Å². The molecule has 0 radical (unpaired) electrons. The summed E-state index contributed by atoms with van der Waals surface area (Å²) >= 11 is 15.1. The Kier molecular flexibility index (Phi) is 8.10. The Morgan fingerprint density at radius 3 is 2.57 bits per heavy atom. The third-order valence-corrected chi connectivity index (χ3v) is 10.5. The van der Waals surface area contributed by atoms with Crippen LogP contribution in [0.2, 0.25) is 5.02 Å². The van der Waals surface area contributed by atoms with Crippen molar-refractivity contribution in [1.29, 1.82) is 0 Å². The summed E-state index contributed by atoms with van der Waals surface area (Å²) in [5.74, 6) is 1.42. The molecule has 1 aromatic heterocycles. The van der Waals surface area contributed by atoms with E-state index in [4.69, 9.17) is 26.1 Å². The Morgan fingerprint density at radius 1 is 1.00 bits per heavy atom. The van der Waals surface area contributed by atoms with Crippen LogP contribution in [0.25, 0.3) is 11.8 Å². The summed E-state index contributed by atoms with van der Waals surface area (Å²) in [6, 6.07) is 27.7. The fourth-order valence-electron chi connectivity index (χ4n) is 5.85. The summed E-state index contributed by atoms with van der Waals surface area (Å²) in [4.78, 5) is 20.0. The number of benzene rings is 4. The van der Waals surface area contributed by atoms with Crippen LogP contribution in [0.3, 0.4) is 0 Å². The Morgan fingerprint density at radius 2 is 1.77 bits per heavy atom. The number of rotatable bonds is 6. The summed E-state index contributed by atoms with van der Waals surface area (Å²) in [6.07, 6.45) is 3.65. The van der Waals surface area contributed by atoms with Crippen molar-refractivity contribution < 1.29 is 9.47 Å². The standard InChI is InChI=1S/C35H25Br2ClN2O3S/c1-42-24-10-6-9-22(18-24)32-26-14-13-21-7-2-4-11-25(21)31(26)39-35-40(32)34(41)30(44-35)17-20-15-27(36)33(28(37)16-20)43-19-23-8-3-5-12-29(23)38/h2-12,15-18,32H,13-14,19H2,1H3/b30-17+/t32-/m1/s1. The number of thiazole rings is 1. The third kappa shape index (κ3) is 5.38. The molecule has 1 aliphatic carbocycles. The van der Waals surface area contributed by atoms with E-state index in [1.807, 2.05) is 65.2 Å². The topological polar surface area (TPSA) is 52.8 Å². The van der Waals surface area contributed by atoms with Crippen LogP contribution in [0.15, 0.2) is 109 Å². The van der Waals surface area contributed by atoms with Crippen LogP contribution < -0.4 is 24.4 Å². The fourth-order valence-corrected chi connectivity index (χ4v) is 8.49. The number of ether oxygens (including phenoxy) is 2. The van der Waals surface area contributed by atoms with E-state index in [9.17, 15) is 4.79 Å². The van der Waals surface area contributed by atoms with E-state index in [0.29, 0.717) is 26.7 Å². The minimum atomic E-state index is -0.272. The van der Waals surface area contributed by atoms with Crippen LogP contribution in [0.5, 0.6) is 11.5 Å². The van der Waals surface area contributed by atoms with Gasteiger partial charge in [-0.25, -0.2) is 4.99 Å². The van der Waals surface area contributed by atoms with Crippen molar-refractivity contribution in [1.82, 2.24) is 4.57 Å². The highest BCUT2D eigenvalue weighted by atomic mass is 79.9. The van der Waals surface area contributed by atoms with E-state index in [1.165, 1.54) is 16.9 Å². The van der Waals surface area contributed by atoms with Crippen molar-refractivity contribution in [3.8, 4) is 11.5 Å². The van der Waals surface area contributed by atoms with Crippen molar-refractivity contribution in [2.75, 3.05) is 7.11 Å². The first-order chi connectivity index (χ1) is 21.4. The molecule has 5 aromatic rings. The predicted octanol–water partition coefficient (Wildman–Crippen LogP) is 8.08. The lowest BCUT2D eigenvalue weighted by molar-refractivity contribution is 0.302. The van der Waals surface area contributed by atoms with Crippen LogP contribution in [0.1, 0.15) is 40.3 Å². The Balaban J connectivity index is 1.32. The van der Waals surface area contributed by atoms with Gasteiger partial charge in [-0.3, -0.25) is 9.36 Å². The van der Waals surface area contributed by atoms with Gasteiger partial charge in [0.2, 0.25) is 0 Å². The molecule has 0 spiro atoms. The zero-order valence-electron chi connectivity index (χ0n) is 23.5. The average Bonchev–Trinajstić information content (AvgIpc) is 3.34. The largest absolute Gasteiger partial charge is 0.497 e. The Bertz CT molecular complexity index is 2130. The minimum absolute atomic E-state index is 0.0710. The molecule has 9 heteroatoms. The van der Waals surface area contributed by atoms with Crippen molar-refractivity contribution in [2.45, 2.75) is 25.5 Å². The molecule has 0 saturated heterocycles. The van der Waals surface area contributed by atoms with Gasteiger partial charge in [-0.15, -0.1) is 0 Å². The molecule has 1 aliphatic heterocycles. The molecular formula is C35H25Br2ClN2O3S. The highest BCUT2D eigenvalue weighted by Crippen LogP contribution is 2.42.